The zero-order chi connectivity index (χ0) is 19.6. The van der Waals surface area contributed by atoms with Crippen LogP contribution in [0.4, 0.5) is 13.2 Å². The minimum atomic E-state index is -4.48. The fraction of sp³-hybridized carbons (Fsp3) is 0.400. The molecule has 2 heterocycles. The molecule has 1 saturated heterocycles. The highest BCUT2D eigenvalue weighted by Gasteiger charge is 2.37. The minimum Gasteiger partial charge on any atom is -0.338 e. The summed E-state index contributed by atoms with van der Waals surface area (Å²) in [5, 5.41) is 0.0543. The lowest BCUT2D eigenvalue weighted by atomic mass is 9.87. The Labute approximate surface area is 161 Å². The number of likely N-dealkylation sites (tertiary alicyclic amines) is 1. The third-order valence-electron chi connectivity index (χ3n) is 4.89. The zero-order valence-corrected chi connectivity index (χ0v) is 15.6. The second-order valence-corrected chi connectivity index (χ2v) is 7.15. The first-order valence-corrected chi connectivity index (χ1v) is 9.28. The second kappa shape index (κ2) is 7.89. The molecule has 1 aromatic heterocycles. The highest BCUT2D eigenvalue weighted by molar-refractivity contribution is 6.30. The van der Waals surface area contributed by atoms with Gasteiger partial charge in [0.1, 0.15) is 0 Å². The van der Waals surface area contributed by atoms with E-state index in [2.05, 4.69) is 4.98 Å². The molecule has 3 rings (SSSR count). The van der Waals surface area contributed by atoms with E-state index in [4.69, 9.17) is 11.6 Å². The molecular formula is C20H20ClF3N2O. The number of rotatable bonds is 3. The Morgan fingerprint density at radius 1 is 1.30 bits per heavy atom. The van der Waals surface area contributed by atoms with Crippen molar-refractivity contribution in [2.75, 3.05) is 13.1 Å². The van der Waals surface area contributed by atoms with Crippen LogP contribution < -0.4 is 0 Å². The van der Waals surface area contributed by atoms with Crippen LogP contribution in [0.2, 0.25) is 5.02 Å². The Hall–Kier alpha value is -2.08. The summed E-state index contributed by atoms with van der Waals surface area (Å²) < 4.78 is 40.3. The highest BCUT2D eigenvalue weighted by Crippen LogP contribution is 2.39. The predicted molar refractivity (Wildman–Crippen MR) is 97.9 cm³/mol. The highest BCUT2D eigenvalue weighted by atomic mass is 35.5. The van der Waals surface area contributed by atoms with Gasteiger partial charge in [-0.25, -0.2) is 0 Å². The van der Waals surface area contributed by atoms with E-state index in [1.165, 1.54) is 12.1 Å². The first-order chi connectivity index (χ1) is 12.8. The van der Waals surface area contributed by atoms with Crippen molar-refractivity contribution in [1.82, 2.24) is 9.88 Å². The van der Waals surface area contributed by atoms with Gasteiger partial charge in [-0.2, -0.15) is 13.2 Å². The molecule has 7 heteroatoms. The SMILES string of the molecule is CCc1cc(C(=O)N2CCCC(c3ccc(Cl)cc3C(F)(F)F)C2)ccn1. The molecule has 27 heavy (non-hydrogen) atoms. The summed E-state index contributed by atoms with van der Waals surface area (Å²) in [4.78, 5) is 18.7. The van der Waals surface area contributed by atoms with Gasteiger partial charge < -0.3 is 4.90 Å². The molecule has 2 aromatic rings. The van der Waals surface area contributed by atoms with Crippen molar-refractivity contribution >= 4 is 17.5 Å². The maximum absolute atomic E-state index is 13.4. The smallest absolute Gasteiger partial charge is 0.338 e. The third-order valence-corrected chi connectivity index (χ3v) is 5.13. The van der Waals surface area contributed by atoms with E-state index in [0.717, 1.165) is 11.8 Å². The fourth-order valence-electron chi connectivity index (χ4n) is 3.53. The summed E-state index contributed by atoms with van der Waals surface area (Å²) in [6.07, 6.45) is -0.918. The van der Waals surface area contributed by atoms with Crippen molar-refractivity contribution in [3.05, 3.63) is 63.9 Å². The van der Waals surface area contributed by atoms with Crippen LogP contribution in [-0.2, 0) is 12.6 Å². The van der Waals surface area contributed by atoms with E-state index in [1.807, 2.05) is 6.92 Å². The number of hydrogen-bond acceptors (Lipinski definition) is 2. The summed E-state index contributed by atoms with van der Waals surface area (Å²) in [7, 11) is 0. The van der Waals surface area contributed by atoms with Gasteiger partial charge in [-0.1, -0.05) is 24.6 Å². The molecular weight excluding hydrogens is 377 g/mol. The number of carbonyl (C=O) groups is 1. The summed E-state index contributed by atoms with van der Waals surface area (Å²) >= 11 is 5.78. The van der Waals surface area contributed by atoms with Crippen molar-refractivity contribution in [3.63, 3.8) is 0 Å². The Morgan fingerprint density at radius 2 is 2.07 bits per heavy atom. The molecule has 1 aliphatic rings. The number of piperidine rings is 1. The van der Waals surface area contributed by atoms with Crippen LogP contribution in [0.15, 0.2) is 36.5 Å². The van der Waals surface area contributed by atoms with Gasteiger partial charge in [0.05, 0.1) is 5.56 Å². The van der Waals surface area contributed by atoms with E-state index in [1.54, 1.807) is 23.2 Å². The van der Waals surface area contributed by atoms with E-state index in [9.17, 15) is 18.0 Å². The van der Waals surface area contributed by atoms with Crippen molar-refractivity contribution in [1.29, 1.82) is 0 Å². The van der Waals surface area contributed by atoms with Gasteiger partial charge in [0.2, 0.25) is 0 Å². The van der Waals surface area contributed by atoms with Crippen LogP contribution in [0.5, 0.6) is 0 Å². The second-order valence-electron chi connectivity index (χ2n) is 6.71. The molecule has 1 atom stereocenters. The van der Waals surface area contributed by atoms with E-state index in [-0.39, 0.29) is 29.0 Å². The number of nitrogens with zero attached hydrogens (tertiary/aromatic N) is 2. The molecule has 1 fully saturated rings. The molecule has 0 aliphatic carbocycles. The molecule has 3 nitrogen and oxygen atoms in total. The first kappa shape index (κ1) is 19.7. The van der Waals surface area contributed by atoms with Crippen LogP contribution in [0.25, 0.3) is 0 Å². The number of aromatic nitrogens is 1. The third kappa shape index (κ3) is 4.43. The van der Waals surface area contributed by atoms with Crippen LogP contribution in [-0.4, -0.2) is 28.9 Å². The molecule has 0 spiro atoms. The van der Waals surface area contributed by atoms with E-state index in [0.29, 0.717) is 31.4 Å². The van der Waals surface area contributed by atoms with Gasteiger partial charge in [0.25, 0.3) is 5.91 Å². The van der Waals surface area contributed by atoms with Crippen LogP contribution in [0.1, 0.15) is 52.9 Å². The number of carbonyl (C=O) groups excluding carboxylic acids is 1. The first-order valence-electron chi connectivity index (χ1n) is 8.90. The van der Waals surface area contributed by atoms with Gasteiger partial charge in [0.15, 0.2) is 0 Å². The average Bonchev–Trinajstić information content (AvgIpc) is 2.67. The molecule has 144 valence electrons. The molecule has 0 N–H and O–H groups in total. The number of pyridine rings is 1. The maximum atomic E-state index is 13.4. The van der Waals surface area contributed by atoms with Crippen LogP contribution >= 0.6 is 11.6 Å². The molecule has 0 saturated carbocycles. The number of alkyl halides is 3. The van der Waals surface area contributed by atoms with Gasteiger partial charge in [-0.15, -0.1) is 0 Å². The largest absolute Gasteiger partial charge is 0.416 e. The summed E-state index contributed by atoms with van der Waals surface area (Å²) in [6.45, 7) is 2.74. The molecule has 1 amide bonds. The zero-order valence-electron chi connectivity index (χ0n) is 14.9. The van der Waals surface area contributed by atoms with Gasteiger partial charge in [-0.3, -0.25) is 9.78 Å². The number of benzene rings is 1. The van der Waals surface area contributed by atoms with Gasteiger partial charge in [0, 0.05) is 41.5 Å². The van der Waals surface area contributed by atoms with Crippen molar-refractivity contribution in [3.8, 4) is 0 Å². The average molecular weight is 397 g/mol. The van der Waals surface area contributed by atoms with Crippen LogP contribution in [0, 0.1) is 0 Å². The monoisotopic (exact) mass is 396 g/mol. The molecule has 1 unspecified atom stereocenters. The maximum Gasteiger partial charge on any atom is 0.416 e. The van der Waals surface area contributed by atoms with Crippen molar-refractivity contribution in [2.24, 2.45) is 0 Å². The Balaban J connectivity index is 1.85. The number of halogens is 4. The van der Waals surface area contributed by atoms with Crippen LogP contribution in [0.3, 0.4) is 0 Å². The lowest BCUT2D eigenvalue weighted by molar-refractivity contribution is -0.138. The summed E-state index contributed by atoms with van der Waals surface area (Å²) in [5.74, 6) is -0.539. The lowest BCUT2D eigenvalue weighted by Crippen LogP contribution is -2.39. The summed E-state index contributed by atoms with van der Waals surface area (Å²) in [6, 6.07) is 7.27. The number of aryl methyl sites for hydroxylation is 1. The van der Waals surface area contributed by atoms with Gasteiger partial charge >= 0.3 is 6.18 Å². The molecule has 1 aromatic carbocycles. The molecule has 0 radical (unpaired) electrons. The minimum absolute atomic E-state index is 0.0543. The Bertz CT molecular complexity index is 838. The standard InChI is InChI=1S/C20H20ClF3N2O/c1-2-16-10-13(7-8-25-16)19(27)26-9-3-4-14(12-26)17-6-5-15(21)11-18(17)20(22,23)24/h5-8,10-11,14H,2-4,9,12H2,1H3. The molecule has 1 aliphatic heterocycles. The fourth-order valence-corrected chi connectivity index (χ4v) is 3.70. The quantitative estimate of drug-likeness (QED) is 0.702. The lowest BCUT2D eigenvalue weighted by Gasteiger charge is -2.34. The Morgan fingerprint density at radius 3 is 2.78 bits per heavy atom. The van der Waals surface area contributed by atoms with E-state index >= 15 is 0 Å². The van der Waals surface area contributed by atoms with Crippen molar-refractivity contribution < 1.29 is 18.0 Å². The van der Waals surface area contributed by atoms with Crippen molar-refractivity contribution in [2.45, 2.75) is 38.3 Å². The predicted octanol–water partition coefficient (Wildman–Crippen LogP) is 5.34. The number of amides is 1. The Kier molecular flexibility index (Phi) is 5.75. The number of hydrogen-bond donors (Lipinski definition) is 0. The molecule has 0 bridgehead atoms. The van der Waals surface area contributed by atoms with E-state index < -0.39 is 11.7 Å². The van der Waals surface area contributed by atoms with Gasteiger partial charge in [-0.05, 0) is 49.1 Å². The topological polar surface area (TPSA) is 33.2 Å². The summed E-state index contributed by atoms with van der Waals surface area (Å²) in [5.41, 5.74) is 0.820. The normalized spacial score (nSPS) is 17.8.